The van der Waals surface area contributed by atoms with E-state index in [-0.39, 0.29) is 6.61 Å². The monoisotopic (exact) mass is 468 g/mol. The van der Waals surface area contributed by atoms with E-state index in [1.54, 1.807) is 0 Å². The van der Waals surface area contributed by atoms with Gasteiger partial charge in [0.1, 0.15) is 23.7 Å². The molecular formula is C27H29ClO5. The average Bonchev–Trinajstić information content (AvgIpc) is 2.86. The molecule has 0 radical (unpaired) electrons. The van der Waals surface area contributed by atoms with Crippen LogP contribution in [0, 0.1) is 0 Å². The molecule has 0 aromatic heterocycles. The van der Waals surface area contributed by atoms with Gasteiger partial charge in [-0.25, -0.2) is 0 Å². The van der Waals surface area contributed by atoms with Gasteiger partial charge in [-0.05, 0) is 16.7 Å². The fourth-order valence-corrected chi connectivity index (χ4v) is 4.09. The minimum absolute atomic E-state index is 0.236. The molecule has 1 heterocycles. The van der Waals surface area contributed by atoms with Crippen LogP contribution in [0.3, 0.4) is 0 Å². The van der Waals surface area contributed by atoms with E-state index < -0.39 is 30.0 Å². The Morgan fingerprint density at radius 1 is 0.667 bits per heavy atom. The summed E-state index contributed by atoms with van der Waals surface area (Å²) in [6.07, 6.45) is -2.82. The van der Waals surface area contributed by atoms with Gasteiger partial charge in [-0.2, -0.15) is 0 Å². The zero-order valence-electron chi connectivity index (χ0n) is 18.3. The molecule has 5 atom stereocenters. The van der Waals surface area contributed by atoms with Gasteiger partial charge in [0.15, 0.2) is 6.29 Å². The van der Waals surface area contributed by atoms with Crippen LogP contribution in [0.1, 0.15) is 16.7 Å². The van der Waals surface area contributed by atoms with E-state index in [9.17, 15) is 5.11 Å². The number of alkyl halides is 1. The summed E-state index contributed by atoms with van der Waals surface area (Å²) < 4.78 is 24.2. The number of ether oxygens (including phenoxy) is 4. The van der Waals surface area contributed by atoms with Gasteiger partial charge in [-0.1, -0.05) is 91.0 Å². The zero-order chi connectivity index (χ0) is 22.9. The molecule has 1 aliphatic rings. The van der Waals surface area contributed by atoms with Crippen molar-refractivity contribution in [1.29, 1.82) is 0 Å². The first-order valence-corrected chi connectivity index (χ1v) is 11.5. The predicted octanol–water partition coefficient (Wildman–Crippen LogP) is 4.70. The predicted molar refractivity (Wildman–Crippen MR) is 127 cm³/mol. The van der Waals surface area contributed by atoms with Crippen molar-refractivity contribution in [3.05, 3.63) is 108 Å². The molecule has 1 N–H and O–H groups in total. The summed E-state index contributed by atoms with van der Waals surface area (Å²) in [4.78, 5) is 0. The zero-order valence-corrected chi connectivity index (χ0v) is 19.1. The van der Waals surface area contributed by atoms with E-state index >= 15 is 0 Å². The van der Waals surface area contributed by atoms with E-state index in [1.807, 2.05) is 91.0 Å². The van der Waals surface area contributed by atoms with Crippen LogP contribution in [0.25, 0.3) is 0 Å². The number of rotatable bonds is 10. The summed E-state index contributed by atoms with van der Waals surface area (Å²) in [5, 5.41) is 9.71. The second-order valence-corrected chi connectivity index (χ2v) is 8.54. The first kappa shape index (κ1) is 23.9. The third-order valence-electron chi connectivity index (χ3n) is 5.55. The van der Waals surface area contributed by atoms with Crippen molar-refractivity contribution in [3.63, 3.8) is 0 Å². The molecule has 0 spiro atoms. The minimum Gasteiger partial charge on any atom is -0.374 e. The molecule has 1 saturated heterocycles. The molecule has 0 amide bonds. The Bertz CT molecular complexity index is 941. The van der Waals surface area contributed by atoms with Crippen molar-refractivity contribution < 1.29 is 24.1 Å². The van der Waals surface area contributed by atoms with Gasteiger partial charge < -0.3 is 24.1 Å². The summed E-state index contributed by atoms with van der Waals surface area (Å²) in [6.45, 7) is 1.39. The van der Waals surface area contributed by atoms with Crippen molar-refractivity contribution in [2.45, 2.75) is 49.8 Å². The van der Waals surface area contributed by atoms with Crippen LogP contribution < -0.4 is 0 Å². The van der Waals surface area contributed by atoms with Gasteiger partial charge in [0.05, 0.1) is 26.4 Å². The topological polar surface area (TPSA) is 57.2 Å². The largest absolute Gasteiger partial charge is 0.374 e. The highest BCUT2D eigenvalue weighted by Gasteiger charge is 2.46. The van der Waals surface area contributed by atoms with Crippen LogP contribution in [0.2, 0.25) is 0 Å². The minimum atomic E-state index is -1.19. The van der Waals surface area contributed by atoms with Gasteiger partial charge >= 0.3 is 0 Å². The summed E-state index contributed by atoms with van der Waals surface area (Å²) in [6, 6.07) is 29.6. The molecular weight excluding hydrogens is 440 g/mol. The van der Waals surface area contributed by atoms with Gasteiger partial charge in [-0.3, -0.25) is 0 Å². The van der Waals surface area contributed by atoms with Crippen LogP contribution >= 0.6 is 11.6 Å². The van der Waals surface area contributed by atoms with Gasteiger partial charge in [0, 0.05) is 0 Å². The molecule has 4 rings (SSSR count). The summed E-state index contributed by atoms with van der Waals surface area (Å²) >= 11 is 6.55. The fraction of sp³-hybridized carbons (Fsp3) is 0.333. The number of aliphatic hydroxyl groups is 1. The number of halogens is 1. The van der Waals surface area contributed by atoms with Crippen molar-refractivity contribution in [3.8, 4) is 0 Å². The molecule has 0 bridgehead atoms. The van der Waals surface area contributed by atoms with Crippen molar-refractivity contribution in [2.75, 3.05) is 6.61 Å². The maximum absolute atomic E-state index is 10.5. The molecule has 3 aromatic carbocycles. The molecule has 5 nitrogen and oxygen atoms in total. The van der Waals surface area contributed by atoms with E-state index in [1.165, 1.54) is 0 Å². The SMILES string of the molecule is OC1O[C@H](COCc2ccccc2)[C@H](OCc2ccccc2)[C@H](OCc2ccccc2)C1Cl. The lowest BCUT2D eigenvalue weighted by Gasteiger charge is -2.42. The molecule has 0 aliphatic carbocycles. The highest BCUT2D eigenvalue weighted by atomic mass is 35.5. The first-order valence-electron chi connectivity index (χ1n) is 11.1. The number of benzene rings is 3. The quantitative estimate of drug-likeness (QED) is 0.437. The van der Waals surface area contributed by atoms with Crippen molar-refractivity contribution in [2.24, 2.45) is 0 Å². The van der Waals surface area contributed by atoms with Crippen molar-refractivity contribution >= 4 is 11.6 Å². The second-order valence-electron chi connectivity index (χ2n) is 8.03. The summed E-state index contributed by atoms with van der Waals surface area (Å²) in [5.41, 5.74) is 3.10. The molecule has 1 aliphatic heterocycles. The highest BCUT2D eigenvalue weighted by Crippen LogP contribution is 2.30. The summed E-state index contributed by atoms with van der Waals surface area (Å²) in [7, 11) is 0. The first-order chi connectivity index (χ1) is 16.2. The molecule has 6 heteroatoms. The fourth-order valence-electron chi connectivity index (χ4n) is 3.81. The Morgan fingerprint density at radius 3 is 1.64 bits per heavy atom. The molecule has 33 heavy (non-hydrogen) atoms. The smallest absolute Gasteiger partial charge is 0.174 e. The average molecular weight is 469 g/mol. The Balaban J connectivity index is 1.46. The Labute approximate surface area is 199 Å². The second kappa shape index (κ2) is 12.3. The van der Waals surface area contributed by atoms with Crippen LogP contribution in [-0.2, 0) is 38.8 Å². The molecule has 0 saturated carbocycles. The number of aliphatic hydroxyl groups excluding tert-OH is 1. The van der Waals surface area contributed by atoms with E-state index in [2.05, 4.69) is 0 Å². The highest BCUT2D eigenvalue weighted by molar-refractivity contribution is 6.21. The maximum Gasteiger partial charge on any atom is 0.174 e. The molecule has 2 unspecified atom stereocenters. The van der Waals surface area contributed by atoms with Crippen LogP contribution in [0.4, 0.5) is 0 Å². The van der Waals surface area contributed by atoms with Crippen LogP contribution in [-0.4, -0.2) is 41.7 Å². The lowest BCUT2D eigenvalue weighted by Crippen LogP contribution is -2.58. The van der Waals surface area contributed by atoms with Gasteiger partial charge in [0.25, 0.3) is 0 Å². The third kappa shape index (κ3) is 6.87. The Kier molecular flexibility index (Phi) is 8.89. The number of hydrogen-bond acceptors (Lipinski definition) is 5. The molecule has 174 valence electrons. The van der Waals surface area contributed by atoms with Crippen LogP contribution in [0.5, 0.6) is 0 Å². The lowest BCUT2D eigenvalue weighted by atomic mass is 10.0. The Hall–Kier alpha value is -2.25. The van der Waals surface area contributed by atoms with E-state index in [0.717, 1.165) is 16.7 Å². The summed E-state index contributed by atoms with van der Waals surface area (Å²) in [5.74, 6) is 0. The van der Waals surface area contributed by atoms with E-state index in [4.69, 9.17) is 30.5 Å². The Morgan fingerprint density at radius 2 is 1.12 bits per heavy atom. The third-order valence-corrected chi connectivity index (χ3v) is 6.02. The standard InChI is InChI=1S/C27H29ClO5/c28-24-26(32-18-22-14-8-3-9-15-22)25(31-17-21-12-6-2-7-13-21)23(33-27(24)29)19-30-16-20-10-4-1-5-11-20/h1-15,23-27,29H,16-19H2/t23-,24?,25+,26-,27?/m1/s1. The lowest BCUT2D eigenvalue weighted by molar-refractivity contribution is -0.262. The van der Waals surface area contributed by atoms with Gasteiger partial charge in [-0.15, -0.1) is 11.6 Å². The van der Waals surface area contributed by atoms with Crippen molar-refractivity contribution in [1.82, 2.24) is 0 Å². The normalized spacial score (nSPS) is 25.1. The molecule has 3 aromatic rings. The van der Waals surface area contributed by atoms with Gasteiger partial charge in [0.2, 0.25) is 0 Å². The number of hydrogen-bond donors (Lipinski definition) is 1. The molecule has 1 fully saturated rings. The van der Waals surface area contributed by atoms with E-state index in [0.29, 0.717) is 19.8 Å². The van der Waals surface area contributed by atoms with Crippen LogP contribution in [0.15, 0.2) is 91.0 Å². The maximum atomic E-state index is 10.5.